The van der Waals surface area contributed by atoms with Gasteiger partial charge in [-0.2, -0.15) is 0 Å². The molecule has 4 aromatic rings. The molecule has 2 bridgehead atoms. The quantitative estimate of drug-likeness (QED) is 0.299. The summed E-state index contributed by atoms with van der Waals surface area (Å²) in [5, 5.41) is 13.3. The maximum atomic E-state index is 12.5. The van der Waals surface area contributed by atoms with Gasteiger partial charge in [-0.15, -0.1) is 0 Å². The van der Waals surface area contributed by atoms with Gasteiger partial charge in [-0.1, -0.05) is 60.7 Å². The lowest BCUT2D eigenvalue weighted by Crippen LogP contribution is -2.66. The van der Waals surface area contributed by atoms with E-state index in [1.807, 2.05) is 48.5 Å². The Balaban J connectivity index is 1.23. The largest absolute Gasteiger partial charge is 0.488 e. The minimum Gasteiger partial charge on any atom is -0.488 e. The molecule has 3 aliphatic rings. The topological polar surface area (TPSA) is 59.7 Å². The summed E-state index contributed by atoms with van der Waals surface area (Å²) in [6.45, 7) is 4.64. The molecule has 0 saturated carbocycles. The van der Waals surface area contributed by atoms with E-state index in [2.05, 4.69) is 24.3 Å². The Morgan fingerprint density at radius 2 is 1.53 bits per heavy atom. The van der Waals surface area contributed by atoms with E-state index in [9.17, 15) is 9.90 Å². The second-order valence-electron chi connectivity index (χ2n) is 10.4. The summed E-state index contributed by atoms with van der Waals surface area (Å²) in [5.74, 6) is 1.35. The zero-order chi connectivity index (χ0) is 24.6. The van der Waals surface area contributed by atoms with E-state index in [0.29, 0.717) is 23.9 Å². The van der Waals surface area contributed by atoms with Crippen LogP contribution in [-0.4, -0.2) is 42.4 Å². The van der Waals surface area contributed by atoms with Gasteiger partial charge in [0.15, 0.2) is 0 Å². The van der Waals surface area contributed by atoms with E-state index in [0.717, 1.165) is 60.0 Å². The fraction of sp³-hybridized carbons (Fsp3) is 0.323. The van der Waals surface area contributed by atoms with Crippen molar-refractivity contribution in [2.45, 2.75) is 18.4 Å². The van der Waals surface area contributed by atoms with Crippen LogP contribution in [0.4, 0.5) is 0 Å². The van der Waals surface area contributed by atoms with Gasteiger partial charge in [0.1, 0.15) is 30.1 Å². The standard InChI is InChI=1S/C31H32NO4/c33-30-14-12-24-11-13-27(21-29(24)36-30)35-20-19-32-17-15-23(16-18-32)28(22-32)31(34,25-7-3-1-4-8-25)26-9-5-2-6-10-26/h1-14,21,23,28,34H,15-20,22H2/q+1. The van der Waals surface area contributed by atoms with Crippen LogP contribution in [0.2, 0.25) is 0 Å². The molecule has 1 aromatic heterocycles. The third-order valence-electron chi connectivity index (χ3n) is 8.49. The fourth-order valence-electron chi connectivity index (χ4n) is 6.54. The molecule has 184 valence electrons. The number of nitrogens with zero attached hydrogens (tertiary/aromatic N) is 1. The highest BCUT2D eigenvalue weighted by atomic mass is 16.5. The summed E-state index contributed by atoms with van der Waals surface area (Å²) in [6, 6.07) is 29.2. The molecule has 3 aliphatic heterocycles. The lowest BCUT2D eigenvalue weighted by Gasteiger charge is -2.56. The van der Waals surface area contributed by atoms with Crippen molar-refractivity contribution in [1.29, 1.82) is 0 Å². The Kier molecular flexibility index (Phi) is 5.90. The van der Waals surface area contributed by atoms with Crippen LogP contribution in [0.5, 0.6) is 5.75 Å². The number of fused-ring (bicyclic) bond motifs is 4. The van der Waals surface area contributed by atoms with Crippen LogP contribution in [0.25, 0.3) is 11.0 Å². The molecule has 0 amide bonds. The Hall–Kier alpha value is -3.41. The molecule has 3 aromatic carbocycles. The Bertz CT molecular complexity index is 1350. The number of quaternary nitrogens is 1. The molecule has 1 N–H and O–H groups in total. The maximum absolute atomic E-state index is 12.5. The zero-order valence-electron chi connectivity index (χ0n) is 20.4. The number of aliphatic hydroxyl groups is 1. The van der Waals surface area contributed by atoms with Crippen molar-refractivity contribution >= 4 is 11.0 Å². The first-order chi connectivity index (χ1) is 17.6. The summed E-state index contributed by atoms with van der Waals surface area (Å²) in [7, 11) is 0. The minimum atomic E-state index is -1.02. The van der Waals surface area contributed by atoms with Crippen molar-refractivity contribution < 1.29 is 18.7 Å². The number of ether oxygens (including phenoxy) is 1. The first-order valence-electron chi connectivity index (χ1n) is 12.9. The fourth-order valence-corrected chi connectivity index (χ4v) is 6.54. The predicted molar refractivity (Wildman–Crippen MR) is 140 cm³/mol. The molecule has 4 heterocycles. The number of hydrogen-bond acceptors (Lipinski definition) is 4. The minimum absolute atomic E-state index is 0.139. The molecular weight excluding hydrogens is 450 g/mol. The lowest BCUT2D eigenvalue weighted by atomic mass is 9.64. The molecule has 0 aliphatic carbocycles. The van der Waals surface area contributed by atoms with Gasteiger partial charge in [-0.3, -0.25) is 0 Å². The molecule has 5 heteroatoms. The number of benzene rings is 3. The van der Waals surface area contributed by atoms with Gasteiger partial charge in [0.05, 0.1) is 19.6 Å². The Morgan fingerprint density at radius 3 is 2.19 bits per heavy atom. The summed E-state index contributed by atoms with van der Waals surface area (Å²) in [5.41, 5.74) is 1.11. The highest BCUT2D eigenvalue weighted by Gasteiger charge is 2.54. The van der Waals surface area contributed by atoms with Crippen LogP contribution in [0.1, 0.15) is 24.0 Å². The van der Waals surface area contributed by atoms with E-state index in [-0.39, 0.29) is 11.5 Å². The molecule has 1 unspecified atom stereocenters. The van der Waals surface area contributed by atoms with E-state index in [4.69, 9.17) is 9.15 Å². The molecule has 5 nitrogen and oxygen atoms in total. The average Bonchev–Trinajstić information content (AvgIpc) is 2.94. The molecule has 7 rings (SSSR count). The van der Waals surface area contributed by atoms with Gasteiger partial charge in [-0.05, 0) is 35.2 Å². The first-order valence-corrected chi connectivity index (χ1v) is 12.9. The van der Waals surface area contributed by atoms with Crippen molar-refractivity contribution in [3.8, 4) is 5.75 Å². The normalized spacial score (nSPS) is 23.6. The highest BCUT2D eigenvalue weighted by Crippen LogP contribution is 2.49. The Morgan fingerprint density at radius 1 is 0.889 bits per heavy atom. The van der Waals surface area contributed by atoms with Crippen molar-refractivity contribution in [3.05, 3.63) is 113 Å². The smallest absolute Gasteiger partial charge is 0.336 e. The van der Waals surface area contributed by atoms with Gasteiger partial charge in [0.2, 0.25) is 0 Å². The first kappa shape index (κ1) is 23.0. The van der Waals surface area contributed by atoms with Crippen LogP contribution >= 0.6 is 0 Å². The van der Waals surface area contributed by atoms with Crippen molar-refractivity contribution in [2.75, 3.05) is 32.8 Å². The Labute approximate surface area is 211 Å². The highest BCUT2D eigenvalue weighted by molar-refractivity contribution is 5.77. The number of piperidine rings is 3. The summed E-state index contributed by atoms with van der Waals surface area (Å²) in [4.78, 5) is 11.6. The van der Waals surface area contributed by atoms with Crippen molar-refractivity contribution in [3.63, 3.8) is 0 Å². The third kappa shape index (κ3) is 4.12. The maximum Gasteiger partial charge on any atom is 0.336 e. The van der Waals surface area contributed by atoms with Gasteiger partial charge in [0, 0.05) is 36.3 Å². The van der Waals surface area contributed by atoms with Gasteiger partial charge in [0.25, 0.3) is 0 Å². The van der Waals surface area contributed by atoms with Crippen LogP contribution in [0.15, 0.2) is 100 Å². The molecular formula is C31H32NO4+. The zero-order valence-corrected chi connectivity index (χ0v) is 20.4. The van der Waals surface area contributed by atoms with E-state index in [1.54, 1.807) is 12.1 Å². The monoisotopic (exact) mass is 482 g/mol. The number of hydrogen-bond donors (Lipinski definition) is 1. The molecule has 3 saturated heterocycles. The third-order valence-corrected chi connectivity index (χ3v) is 8.49. The van der Waals surface area contributed by atoms with Crippen molar-refractivity contribution in [1.82, 2.24) is 0 Å². The molecule has 1 atom stereocenters. The summed E-state index contributed by atoms with van der Waals surface area (Å²) in [6.07, 6.45) is 2.24. The second-order valence-corrected chi connectivity index (χ2v) is 10.4. The van der Waals surface area contributed by atoms with Gasteiger partial charge < -0.3 is 18.7 Å². The van der Waals surface area contributed by atoms with E-state index in [1.165, 1.54) is 6.07 Å². The van der Waals surface area contributed by atoms with E-state index >= 15 is 0 Å². The average molecular weight is 483 g/mol. The summed E-state index contributed by atoms with van der Waals surface area (Å²) < 4.78 is 12.4. The van der Waals surface area contributed by atoms with Gasteiger partial charge >= 0.3 is 5.63 Å². The molecule has 3 fully saturated rings. The predicted octanol–water partition coefficient (Wildman–Crippen LogP) is 4.96. The van der Waals surface area contributed by atoms with E-state index < -0.39 is 5.60 Å². The van der Waals surface area contributed by atoms with Gasteiger partial charge in [-0.25, -0.2) is 4.79 Å². The summed E-state index contributed by atoms with van der Waals surface area (Å²) >= 11 is 0. The number of rotatable bonds is 7. The van der Waals surface area contributed by atoms with Crippen LogP contribution in [-0.2, 0) is 5.60 Å². The second kappa shape index (κ2) is 9.23. The van der Waals surface area contributed by atoms with Crippen LogP contribution < -0.4 is 10.4 Å². The molecule has 0 radical (unpaired) electrons. The molecule has 0 spiro atoms. The molecule has 36 heavy (non-hydrogen) atoms. The van der Waals surface area contributed by atoms with Crippen LogP contribution in [0.3, 0.4) is 0 Å². The van der Waals surface area contributed by atoms with Crippen molar-refractivity contribution in [2.24, 2.45) is 11.8 Å². The SMILES string of the molecule is O=c1ccc2ccc(OCC[N+]34CCC(CC3)C(C(O)(c3ccccc3)c3ccccc3)C4)cc2o1. The lowest BCUT2D eigenvalue weighted by molar-refractivity contribution is -0.948. The van der Waals surface area contributed by atoms with Crippen LogP contribution in [0, 0.1) is 11.8 Å².